The molecule has 1 nitrogen and oxygen atoms in total. The average Bonchev–Trinajstić information content (AvgIpc) is 1.59. The summed E-state index contributed by atoms with van der Waals surface area (Å²) in [6.07, 6.45) is 0. The Kier molecular flexibility index (Phi) is 8.03. The van der Waals surface area contributed by atoms with Crippen molar-refractivity contribution < 1.29 is 4.79 Å². The summed E-state index contributed by atoms with van der Waals surface area (Å²) in [5, 5.41) is 0.479. The van der Waals surface area contributed by atoms with Crippen molar-refractivity contribution in [1.29, 1.82) is 0 Å². The van der Waals surface area contributed by atoms with E-state index in [1.807, 2.05) is 0 Å². The summed E-state index contributed by atoms with van der Waals surface area (Å²) in [4.78, 5) is 9.77. The molecular weight excluding hydrogens is 340 g/mol. The van der Waals surface area contributed by atoms with E-state index in [0.717, 1.165) is 0 Å². The van der Waals surface area contributed by atoms with Gasteiger partial charge in [0.2, 0.25) is 0 Å². The SMILES string of the molecule is CC(=O)CBr.ClP(Cl)(Cl)(Cl)Cl. The Bertz CT molecular complexity index is 123. The van der Waals surface area contributed by atoms with Gasteiger partial charge in [-0.3, -0.25) is 4.79 Å². The molecule has 0 saturated heterocycles. The zero-order valence-electron chi connectivity index (χ0n) is 5.33. The van der Waals surface area contributed by atoms with Gasteiger partial charge >= 0.3 is 59.6 Å². The molecule has 0 aliphatic rings. The van der Waals surface area contributed by atoms with Crippen LogP contribution < -0.4 is 0 Å². The summed E-state index contributed by atoms with van der Waals surface area (Å²) < 4.78 is -3.69. The van der Waals surface area contributed by atoms with Crippen LogP contribution in [-0.4, -0.2) is 11.1 Å². The molecule has 0 aliphatic carbocycles. The first-order valence-corrected chi connectivity index (χ1v) is 10.1. The molecule has 70 valence electrons. The van der Waals surface area contributed by atoms with Crippen LogP contribution in [0.2, 0.25) is 0 Å². The Hall–Kier alpha value is 2.03. The molecule has 0 aromatic heterocycles. The number of ketones is 1. The molecule has 0 aromatic rings. The van der Waals surface area contributed by atoms with E-state index in [0.29, 0.717) is 5.33 Å². The first kappa shape index (κ1) is 15.5. The molecular formula is C3H5BrCl5OP. The van der Waals surface area contributed by atoms with Gasteiger partial charge in [-0.25, -0.2) is 0 Å². The third kappa shape index (κ3) is 74.5. The molecule has 0 atom stereocenters. The molecule has 0 heterocycles. The number of halogens is 6. The fraction of sp³-hybridized carbons (Fsp3) is 0.667. The van der Waals surface area contributed by atoms with Gasteiger partial charge in [-0.1, -0.05) is 15.9 Å². The summed E-state index contributed by atoms with van der Waals surface area (Å²) in [7, 11) is 0. The first-order chi connectivity index (χ1) is 4.51. The standard InChI is InChI=1S/C3H5BrO.Cl5P/c1-3(5)2-4;1-6(2,3,4)5/h2H2,1H3;. The van der Waals surface area contributed by atoms with E-state index >= 15 is 0 Å². The molecule has 0 amide bonds. The molecule has 8 heteroatoms. The molecule has 0 spiro atoms. The van der Waals surface area contributed by atoms with Crippen molar-refractivity contribution in [3.05, 3.63) is 0 Å². The van der Waals surface area contributed by atoms with Crippen LogP contribution in [0.3, 0.4) is 0 Å². The van der Waals surface area contributed by atoms with Crippen molar-refractivity contribution in [2.45, 2.75) is 6.92 Å². The van der Waals surface area contributed by atoms with Crippen LogP contribution in [-0.2, 0) is 4.79 Å². The summed E-state index contributed by atoms with van der Waals surface area (Å²) in [6.45, 7) is 1.54. The molecule has 0 rings (SSSR count). The van der Waals surface area contributed by atoms with Crippen molar-refractivity contribution in [3.8, 4) is 0 Å². The van der Waals surface area contributed by atoms with E-state index in [1.54, 1.807) is 0 Å². The van der Waals surface area contributed by atoms with Gasteiger partial charge in [-0.2, -0.15) is 0 Å². The second-order valence-corrected chi connectivity index (χ2v) is 18.6. The van der Waals surface area contributed by atoms with Crippen molar-refractivity contribution in [2.24, 2.45) is 0 Å². The number of rotatable bonds is 1. The Morgan fingerprint density at radius 2 is 1.36 bits per heavy atom. The second-order valence-electron chi connectivity index (χ2n) is 1.47. The van der Waals surface area contributed by atoms with Crippen LogP contribution in [0.15, 0.2) is 0 Å². The molecule has 0 bridgehead atoms. The normalized spacial score (nSPS) is 13.9. The van der Waals surface area contributed by atoms with Crippen molar-refractivity contribution in [2.75, 3.05) is 5.33 Å². The number of Topliss-reactive ketones (excluding diaryl/α,β-unsaturated/α-hetero) is 1. The Balaban J connectivity index is 0. The van der Waals surface area contributed by atoms with Crippen LogP contribution >= 0.6 is 75.5 Å². The van der Waals surface area contributed by atoms with Crippen molar-refractivity contribution >= 4 is 81.3 Å². The van der Waals surface area contributed by atoms with Gasteiger partial charge in [0, 0.05) is 0 Å². The average molecular weight is 345 g/mol. The summed E-state index contributed by atoms with van der Waals surface area (Å²) in [5.41, 5.74) is 0. The number of hydrogen-bond donors (Lipinski definition) is 0. The van der Waals surface area contributed by atoms with Gasteiger partial charge in [0.05, 0.1) is 5.33 Å². The van der Waals surface area contributed by atoms with Gasteiger partial charge in [-0.05, 0) is 6.92 Å². The maximum absolute atomic E-state index is 9.77. The molecule has 0 N–H and O–H groups in total. The molecule has 0 saturated carbocycles. The third-order valence-electron chi connectivity index (χ3n) is 0.188. The number of carbonyl (C=O) groups excluding carboxylic acids is 1. The topological polar surface area (TPSA) is 17.1 Å². The summed E-state index contributed by atoms with van der Waals surface area (Å²) >= 11 is 27.9. The number of hydrogen-bond acceptors (Lipinski definition) is 1. The predicted molar refractivity (Wildman–Crippen MR) is 60.7 cm³/mol. The van der Waals surface area contributed by atoms with Crippen LogP contribution in [0.25, 0.3) is 0 Å². The Labute approximate surface area is 97.7 Å². The van der Waals surface area contributed by atoms with Crippen LogP contribution in [0.4, 0.5) is 0 Å². The van der Waals surface area contributed by atoms with Crippen molar-refractivity contribution in [3.63, 3.8) is 0 Å². The molecule has 11 heavy (non-hydrogen) atoms. The van der Waals surface area contributed by atoms with E-state index in [1.165, 1.54) is 6.92 Å². The van der Waals surface area contributed by atoms with Gasteiger partial charge in [0.1, 0.15) is 5.78 Å². The van der Waals surface area contributed by atoms with Gasteiger partial charge < -0.3 is 0 Å². The predicted octanol–water partition coefficient (Wildman–Crippen LogP) is 5.28. The van der Waals surface area contributed by atoms with E-state index in [2.05, 4.69) is 15.9 Å². The van der Waals surface area contributed by atoms with Crippen LogP contribution in [0, 0.1) is 0 Å². The Morgan fingerprint density at radius 1 is 1.27 bits per heavy atom. The third-order valence-corrected chi connectivity index (χ3v) is 0.978. The summed E-state index contributed by atoms with van der Waals surface area (Å²) in [6, 6.07) is 0. The zero-order chi connectivity index (χ0) is 9.73. The molecule has 0 aromatic carbocycles. The second kappa shape index (κ2) is 5.70. The molecule has 0 radical (unpaired) electrons. The quantitative estimate of drug-likeness (QED) is 0.467. The molecule has 0 aliphatic heterocycles. The summed E-state index contributed by atoms with van der Waals surface area (Å²) in [5.74, 6) is 0.171. The van der Waals surface area contributed by atoms with Crippen LogP contribution in [0.1, 0.15) is 6.92 Å². The van der Waals surface area contributed by atoms with Gasteiger partial charge in [0.15, 0.2) is 0 Å². The first-order valence-electron chi connectivity index (χ1n) is 2.17. The minimum atomic E-state index is -3.69. The van der Waals surface area contributed by atoms with Crippen molar-refractivity contribution in [1.82, 2.24) is 0 Å². The maximum atomic E-state index is 9.77. The number of alkyl halides is 1. The van der Waals surface area contributed by atoms with Crippen LogP contribution in [0.5, 0.6) is 0 Å². The fourth-order valence-electron chi connectivity index (χ4n) is 0. The fourth-order valence-corrected chi connectivity index (χ4v) is 0. The van der Waals surface area contributed by atoms with E-state index in [9.17, 15) is 4.79 Å². The Morgan fingerprint density at radius 3 is 1.36 bits per heavy atom. The molecule has 0 unspecified atom stereocenters. The number of carbonyl (C=O) groups is 1. The van der Waals surface area contributed by atoms with E-state index in [4.69, 9.17) is 56.2 Å². The van der Waals surface area contributed by atoms with E-state index in [-0.39, 0.29) is 5.78 Å². The molecule has 0 fully saturated rings. The monoisotopic (exact) mass is 342 g/mol. The zero-order valence-corrected chi connectivity index (χ0v) is 11.6. The van der Waals surface area contributed by atoms with Gasteiger partial charge in [-0.15, -0.1) is 0 Å². The minimum absolute atomic E-state index is 0.171. The van der Waals surface area contributed by atoms with Gasteiger partial charge in [0.25, 0.3) is 0 Å². The van der Waals surface area contributed by atoms with E-state index < -0.39 is 3.37 Å².